The second-order valence-electron chi connectivity index (χ2n) is 4.25. The van der Waals surface area contributed by atoms with Gasteiger partial charge in [-0.3, -0.25) is 9.78 Å². The molecule has 1 amide bonds. The Hall–Kier alpha value is -2.54. The molecule has 0 spiro atoms. The van der Waals surface area contributed by atoms with Crippen LogP contribution in [0.4, 0.5) is 20.2 Å². The van der Waals surface area contributed by atoms with Crippen LogP contribution in [0, 0.1) is 11.6 Å². The second-order valence-corrected chi connectivity index (χ2v) is 5.30. The van der Waals surface area contributed by atoms with Crippen molar-refractivity contribution in [3.05, 3.63) is 53.0 Å². The highest BCUT2D eigenvalue weighted by atomic mass is 32.1. The minimum absolute atomic E-state index is 0.215. The maximum absolute atomic E-state index is 13.6. The molecule has 3 rings (SSSR count). The lowest BCUT2D eigenvalue weighted by Gasteiger charge is -2.05. The fraction of sp³-hybridized carbons (Fsp3) is 0. The number of aromatic nitrogens is 1. The number of hydrogen-bond donors (Lipinski definition) is 2. The van der Waals surface area contributed by atoms with Crippen LogP contribution in [0.2, 0.25) is 0 Å². The largest absolute Gasteiger partial charge is 0.396 e. The summed E-state index contributed by atoms with van der Waals surface area (Å²) >= 11 is 1.15. The molecule has 7 heteroatoms. The summed E-state index contributed by atoms with van der Waals surface area (Å²) in [5.41, 5.74) is 6.40. The van der Waals surface area contributed by atoms with Gasteiger partial charge in [0.15, 0.2) is 11.6 Å². The number of fused-ring (bicyclic) bond motifs is 1. The number of halogens is 2. The van der Waals surface area contributed by atoms with Gasteiger partial charge in [-0.05, 0) is 24.3 Å². The van der Waals surface area contributed by atoms with Crippen molar-refractivity contribution in [2.24, 2.45) is 0 Å². The van der Waals surface area contributed by atoms with E-state index in [1.54, 1.807) is 18.3 Å². The average molecular weight is 305 g/mol. The number of nitrogen functional groups attached to an aromatic ring is 1. The summed E-state index contributed by atoms with van der Waals surface area (Å²) in [5.74, 6) is -2.73. The number of rotatable bonds is 2. The number of benzene rings is 1. The van der Waals surface area contributed by atoms with E-state index in [0.29, 0.717) is 5.52 Å². The molecule has 4 nitrogen and oxygen atoms in total. The van der Waals surface area contributed by atoms with Crippen LogP contribution in [0.3, 0.4) is 0 Å². The summed E-state index contributed by atoms with van der Waals surface area (Å²) in [4.78, 5) is 16.5. The Bertz CT molecular complexity index is 847. The summed E-state index contributed by atoms with van der Waals surface area (Å²) in [6, 6.07) is 7.07. The third kappa shape index (κ3) is 2.31. The van der Waals surface area contributed by atoms with Crippen molar-refractivity contribution >= 4 is 38.8 Å². The molecule has 0 bridgehead atoms. The van der Waals surface area contributed by atoms with Gasteiger partial charge in [-0.1, -0.05) is 6.07 Å². The first kappa shape index (κ1) is 13.4. The Morgan fingerprint density at radius 3 is 2.81 bits per heavy atom. The number of carbonyl (C=O) groups excluding carboxylic acids is 1. The SMILES string of the molecule is Nc1c(C(=O)Nc2cccc(F)c2F)sc2cccnc12. The van der Waals surface area contributed by atoms with Crippen LogP contribution >= 0.6 is 11.3 Å². The Balaban J connectivity index is 1.97. The van der Waals surface area contributed by atoms with Crippen molar-refractivity contribution in [1.29, 1.82) is 0 Å². The molecular weight excluding hydrogens is 296 g/mol. The van der Waals surface area contributed by atoms with Crippen molar-refractivity contribution in [2.75, 3.05) is 11.1 Å². The van der Waals surface area contributed by atoms with Crippen LogP contribution in [0.1, 0.15) is 9.67 Å². The molecule has 3 N–H and O–H groups in total. The van der Waals surface area contributed by atoms with Crippen LogP contribution in [0.25, 0.3) is 10.2 Å². The number of thiophene rings is 1. The number of hydrogen-bond acceptors (Lipinski definition) is 4. The number of nitrogens with one attached hydrogen (secondary N) is 1. The highest BCUT2D eigenvalue weighted by Crippen LogP contribution is 2.32. The van der Waals surface area contributed by atoms with E-state index < -0.39 is 17.5 Å². The molecule has 0 aliphatic rings. The van der Waals surface area contributed by atoms with Gasteiger partial charge < -0.3 is 11.1 Å². The van der Waals surface area contributed by atoms with Gasteiger partial charge in [-0.25, -0.2) is 8.78 Å². The summed E-state index contributed by atoms with van der Waals surface area (Å²) in [5, 5.41) is 2.32. The number of carbonyl (C=O) groups is 1. The molecule has 2 aromatic heterocycles. The van der Waals surface area contributed by atoms with Crippen LogP contribution in [0.5, 0.6) is 0 Å². The number of nitrogens with zero attached hydrogens (tertiary/aromatic N) is 1. The monoisotopic (exact) mass is 305 g/mol. The molecule has 0 fully saturated rings. The van der Waals surface area contributed by atoms with Gasteiger partial charge in [0, 0.05) is 6.20 Å². The van der Waals surface area contributed by atoms with E-state index in [2.05, 4.69) is 10.3 Å². The minimum atomic E-state index is -1.11. The normalized spacial score (nSPS) is 10.8. The number of amides is 1. The van der Waals surface area contributed by atoms with E-state index in [1.165, 1.54) is 12.1 Å². The molecule has 0 saturated heterocycles. The highest BCUT2D eigenvalue weighted by molar-refractivity contribution is 7.21. The van der Waals surface area contributed by atoms with E-state index >= 15 is 0 Å². The van der Waals surface area contributed by atoms with Crippen molar-refractivity contribution in [2.45, 2.75) is 0 Å². The lowest BCUT2D eigenvalue weighted by molar-refractivity contribution is 0.103. The van der Waals surface area contributed by atoms with E-state index in [4.69, 9.17) is 5.73 Å². The Labute approximate surface area is 122 Å². The molecule has 0 aliphatic carbocycles. The quantitative estimate of drug-likeness (QED) is 0.762. The topological polar surface area (TPSA) is 68.0 Å². The number of pyridine rings is 1. The van der Waals surface area contributed by atoms with E-state index in [1.807, 2.05) is 0 Å². The fourth-order valence-corrected chi connectivity index (χ4v) is 2.87. The molecule has 0 atom stereocenters. The number of anilines is 2. The molecule has 0 saturated carbocycles. The third-order valence-electron chi connectivity index (χ3n) is 2.89. The fourth-order valence-electron chi connectivity index (χ4n) is 1.90. The van der Waals surface area contributed by atoms with E-state index in [-0.39, 0.29) is 16.3 Å². The van der Waals surface area contributed by atoms with Crippen molar-refractivity contribution in [1.82, 2.24) is 4.98 Å². The molecule has 21 heavy (non-hydrogen) atoms. The lowest BCUT2D eigenvalue weighted by atomic mass is 10.2. The predicted octanol–water partition coefficient (Wildman–Crippen LogP) is 3.41. The van der Waals surface area contributed by atoms with Crippen LogP contribution in [0.15, 0.2) is 36.5 Å². The molecule has 1 aromatic carbocycles. The zero-order chi connectivity index (χ0) is 15.0. The molecule has 3 aromatic rings. The van der Waals surface area contributed by atoms with Crippen LogP contribution in [-0.4, -0.2) is 10.9 Å². The third-order valence-corrected chi connectivity index (χ3v) is 4.05. The van der Waals surface area contributed by atoms with Crippen LogP contribution < -0.4 is 11.1 Å². The van der Waals surface area contributed by atoms with Gasteiger partial charge in [0.25, 0.3) is 5.91 Å². The van der Waals surface area contributed by atoms with Gasteiger partial charge in [-0.2, -0.15) is 0 Å². The zero-order valence-corrected chi connectivity index (χ0v) is 11.4. The van der Waals surface area contributed by atoms with Crippen molar-refractivity contribution in [3.63, 3.8) is 0 Å². The molecule has 0 unspecified atom stereocenters. The maximum atomic E-state index is 13.6. The Kier molecular flexibility index (Phi) is 3.26. The lowest BCUT2D eigenvalue weighted by Crippen LogP contribution is -2.13. The summed E-state index contributed by atoms with van der Waals surface area (Å²) in [6.45, 7) is 0. The molecule has 0 aliphatic heterocycles. The smallest absolute Gasteiger partial charge is 0.268 e. The Morgan fingerprint density at radius 1 is 1.24 bits per heavy atom. The summed E-state index contributed by atoms with van der Waals surface area (Å²) < 4.78 is 27.4. The standard InChI is InChI=1S/C14H9F2N3OS/c15-7-3-1-4-8(10(7)16)19-14(20)13-11(17)12-9(21-13)5-2-6-18-12/h1-6H,17H2,(H,19,20). The molecule has 0 radical (unpaired) electrons. The maximum Gasteiger partial charge on any atom is 0.268 e. The van der Waals surface area contributed by atoms with Crippen molar-refractivity contribution < 1.29 is 13.6 Å². The van der Waals surface area contributed by atoms with Gasteiger partial charge in [-0.15, -0.1) is 11.3 Å². The first-order chi connectivity index (χ1) is 10.1. The zero-order valence-electron chi connectivity index (χ0n) is 10.6. The average Bonchev–Trinajstić information content (AvgIpc) is 2.82. The Morgan fingerprint density at radius 2 is 2.05 bits per heavy atom. The minimum Gasteiger partial charge on any atom is -0.396 e. The van der Waals surface area contributed by atoms with E-state index in [0.717, 1.165) is 22.1 Å². The first-order valence-electron chi connectivity index (χ1n) is 5.96. The number of nitrogens with two attached hydrogens (primary N) is 1. The van der Waals surface area contributed by atoms with E-state index in [9.17, 15) is 13.6 Å². The molecule has 2 heterocycles. The second kappa shape index (κ2) is 5.10. The van der Waals surface area contributed by atoms with Gasteiger partial charge >= 0.3 is 0 Å². The predicted molar refractivity (Wildman–Crippen MR) is 78.3 cm³/mol. The van der Waals surface area contributed by atoms with Crippen LogP contribution in [-0.2, 0) is 0 Å². The van der Waals surface area contributed by atoms with Crippen molar-refractivity contribution in [3.8, 4) is 0 Å². The first-order valence-corrected chi connectivity index (χ1v) is 6.78. The highest BCUT2D eigenvalue weighted by Gasteiger charge is 2.19. The van der Waals surface area contributed by atoms with Gasteiger partial charge in [0.2, 0.25) is 0 Å². The summed E-state index contributed by atoms with van der Waals surface area (Å²) in [7, 11) is 0. The van der Waals surface area contributed by atoms with Gasteiger partial charge in [0.1, 0.15) is 10.4 Å². The van der Waals surface area contributed by atoms with Gasteiger partial charge in [0.05, 0.1) is 16.1 Å². The molecule has 106 valence electrons. The summed E-state index contributed by atoms with van der Waals surface area (Å²) in [6.07, 6.45) is 1.57. The molecular formula is C14H9F2N3OS.